The first-order valence-electron chi connectivity index (χ1n) is 8.49. The fourth-order valence-corrected chi connectivity index (χ4v) is 2.91. The van der Waals surface area contributed by atoms with E-state index in [0.29, 0.717) is 5.69 Å². The van der Waals surface area contributed by atoms with Crippen LogP contribution < -0.4 is 10.6 Å². The Bertz CT molecular complexity index is 791. The van der Waals surface area contributed by atoms with Crippen LogP contribution in [0.25, 0.3) is 0 Å². The smallest absolute Gasteiger partial charge is 0.221 e. The molecule has 6 nitrogen and oxygen atoms in total. The van der Waals surface area contributed by atoms with E-state index in [1.807, 2.05) is 18.3 Å². The molecule has 3 heterocycles. The minimum Gasteiger partial charge on any atom is -0.368 e. The molecule has 0 saturated carbocycles. The molecule has 0 unspecified atom stereocenters. The zero-order chi connectivity index (χ0) is 17.9. The van der Waals surface area contributed by atoms with Gasteiger partial charge in [0.2, 0.25) is 5.95 Å². The monoisotopic (exact) mass is 336 g/mol. The van der Waals surface area contributed by atoms with Crippen LogP contribution in [0.2, 0.25) is 0 Å². The van der Waals surface area contributed by atoms with Crippen molar-refractivity contribution in [1.29, 1.82) is 0 Å². The molecule has 130 valence electrons. The fraction of sp³-hybridized carbons (Fsp3) is 0.421. The summed E-state index contributed by atoms with van der Waals surface area (Å²) in [6, 6.07) is 5.66. The molecule has 0 bridgehead atoms. The molecule has 1 saturated heterocycles. The lowest BCUT2D eigenvalue weighted by atomic mass is 10.0. The summed E-state index contributed by atoms with van der Waals surface area (Å²) in [7, 11) is 0. The molecule has 3 rings (SSSR count). The zero-order valence-electron chi connectivity index (χ0n) is 15.0. The van der Waals surface area contributed by atoms with Crippen molar-refractivity contribution in [2.75, 3.05) is 36.8 Å². The zero-order valence-corrected chi connectivity index (χ0v) is 15.0. The number of hydrogen-bond donors (Lipinski definition) is 1. The van der Waals surface area contributed by atoms with E-state index < -0.39 is 0 Å². The molecule has 0 radical (unpaired) electrons. The average molecular weight is 336 g/mol. The quantitative estimate of drug-likeness (QED) is 0.801. The second-order valence-electron chi connectivity index (χ2n) is 7.07. The highest BCUT2D eigenvalue weighted by Gasteiger charge is 2.26. The maximum Gasteiger partial charge on any atom is 0.221 e. The van der Waals surface area contributed by atoms with E-state index in [2.05, 4.69) is 57.4 Å². The first-order chi connectivity index (χ1) is 11.9. The third-order valence-electron chi connectivity index (χ3n) is 4.31. The molecule has 0 atom stereocenters. The maximum absolute atomic E-state index is 5.61. The van der Waals surface area contributed by atoms with Gasteiger partial charge in [-0.2, -0.15) is 0 Å². The Morgan fingerprint density at radius 2 is 1.76 bits per heavy atom. The molecule has 2 aromatic rings. The summed E-state index contributed by atoms with van der Waals surface area (Å²) in [5, 5.41) is 0. The molecule has 2 aromatic heterocycles. The van der Waals surface area contributed by atoms with Crippen molar-refractivity contribution < 1.29 is 0 Å². The number of hydrogen-bond acceptors (Lipinski definition) is 6. The maximum atomic E-state index is 5.61. The molecule has 0 aromatic carbocycles. The highest BCUT2D eigenvalue weighted by molar-refractivity contribution is 5.57. The summed E-state index contributed by atoms with van der Waals surface area (Å²) in [6.45, 7) is 10.7. The van der Waals surface area contributed by atoms with Gasteiger partial charge in [-0.1, -0.05) is 5.92 Å². The van der Waals surface area contributed by atoms with Crippen molar-refractivity contribution in [3.63, 3.8) is 0 Å². The third-order valence-corrected chi connectivity index (χ3v) is 4.31. The van der Waals surface area contributed by atoms with Crippen molar-refractivity contribution in [1.82, 2.24) is 19.9 Å². The van der Waals surface area contributed by atoms with Crippen molar-refractivity contribution in [2.24, 2.45) is 0 Å². The van der Waals surface area contributed by atoms with Crippen molar-refractivity contribution in [3.05, 3.63) is 41.9 Å². The minimum atomic E-state index is 0.200. The molecule has 6 heteroatoms. The van der Waals surface area contributed by atoms with Gasteiger partial charge in [-0.05, 0) is 44.9 Å². The Morgan fingerprint density at radius 1 is 1.00 bits per heavy atom. The second kappa shape index (κ2) is 7.08. The number of nitrogens with two attached hydrogens (primary N) is 1. The largest absolute Gasteiger partial charge is 0.368 e. The standard InChI is InChI=1S/C19H24N6/c1-19(2,3)25-13-11-24(12-14-25)17-15(5-4-9-21-17)6-7-16-8-10-22-18(20)23-16/h4-5,8-10H,11-14H2,1-3H3,(H2,20,22,23). The van der Waals surface area contributed by atoms with Crippen LogP contribution in [0.3, 0.4) is 0 Å². The van der Waals surface area contributed by atoms with E-state index >= 15 is 0 Å². The van der Waals surface area contributed by atoms with E-state index in [-0.39, 0.29) is 11.5 Å². The average Bonchev–Trinajstić information content (AvgIpc) is 2.60. The lowest BCUT2D eigenvalue weighted by Gasteiger charge is -2.42. The van der Waals surface area contributed by atoms with E-state index in [9.17, 15) is 0 Å². The van der Waals surface area contributed by atoms with Crippen LogP contribution in [-0.4, -0.2) is 51.6 Å². The van der Waals surface area contributed by atoms with Gasteiger partial charge < -0.3 is 10.6 Å². The van der Waals surface area contributed by atoms with Gasteiger partial charge in [-0.25, -0.2) is 15.0 Å². The Balaban J connectivity index is 1.79. The van der Waals surface area contributed by atoms with E-state index in [1.165, 1.54) is 0 Å². The van der Waals surface area contributed by atoms with Crippen LogP contribution in [0.15, 0.2) is 30.6 Å². The van der Waals surface area contributed by atoms with Crippen LogP contribution in [0.1, 0.15) is 32.0 Å². The molecule has 0 aliphatic carbocycles. The molecule has 1 fully saturated rings. The van der Waals surface area contributed by atoms with Gasteiger partial charge >= 0.3 is 0 Å². The molecular formula is C19H24N6. The van der Waals surface area contributed by atoms with Crippen LogP contribution in [0.5, 0.6) is 0 Å². The Kier molecular flexibility index (Phi) is 4.86. The summed E-state index contributed by atoms with van der Waals surface area (Å²) in [5.41, 5.74) is 7.32. The summed E-state index contributed by atoms with van der Waals surface area (Å²) in [6.07, 6.45) is 3.43. The van der Waals surface area contributed by atoms with Crippen LogP contribution >= 0.6 is 0 Å². The van der Waals surface area contributed by atoms with Gasteiger partial charge in [-0.15, -0.1) is 0 Å². The summed E-state index contributed by atoms with van der Waals surface area (Å²) >= 11 is 0. The first kappa shape index (κ1) is 17.2. The molecule has 0 amide bonds. The Labute approximate surface area is 149 Å². The molecule has 1 aliphatic rings. The number of nitrogens with zero attached hydrogens (tertiary/aromatic N) is 5. The van der Waals surface area contributed by atoms with Gasteiger partial charge in [-0.3, -0.25) is 4.90 Å². The number of aromatic nitrogens is 3. The predicted molar refractivity (Wildman–Crippen MR) is 100 cm³/mol. The fourth-order valence-electron chi connectivity index (χ4n) is 2.91. The number of piperazine rings is 1. The van der Waals surface area contributed by atoms with Gasteiger partial charge in [0.05, 0.1) is 5.56 Å². The first-order valence-corrected chi connectivity index (χ1v) is 8.49. The van der Waals surface area contributed by atoms with Gasteiger partial charge in [0.15, 0.2) is 0 Å². The Morgan fingerprint density at radius 3 is 2.44 bits per heavy atom. The van der Waals surface area contributed by atoms with Crippen molar-refractivity contribution in [3.8, 4) is 11.8 Å². The Hall–Kier alpha value is -2.65. The molecular weight excluding hydrogens is 312 g/mol. The summed E-state index contributed by atoms with van der Waals surface area (Å²) in [4.78, 5) is 17.4. The van der Waals surface area contributed by atoms with Crippen molar-refractivity contribution in [2.45, 2.75) is 26.3 Å². The number of nitrogen functional groups attached to an aromatic ring is 1. The topological polar surface area (TPSA) is 71.2 Å². The third kappa shape index (κ3) is 4.25. The molecule has 0 spiro atoms. The van der Waals surface area contributed by atoms with Gasteiger partial charge in [0.1, 0.15) is 11.5 Å². The lowest BCUT2D eigenvalue weighted by molar-refractivity contribution is 0.128. The normalized spacial score (nSPS) is 15.6. The number of rotatable bonds is 1. The van der Waals surface area contributed by atoms with E-state index in [4.69, 9.17) is 5.73 Å². The molecule has 25 heavy (non-hydrogen) atoms. The highest BCUT2D eigenvalue weighted by atomic mass is 15.3. The molecule has 2 N–H and O–H groups in total. The number of anilines is 2. The second-order valence-corrected chi connectivity index (χ2v) is 7.07. The minimum absolute atomic E-state index is 0.200. The molecule has 1 aliphatic heterocycles. The lowest BCUT2D eigenvalue weighted by Crippen LogP contribution is -2.53. The van der Waals surface area contributed by atoms with Gasteiger partial charge in [0.25, 0.3) is 0 Å². The van der Waals surface area contributed by atoms with Crippen LogP contribution in [0, 0.1) is 11.8 Å². The predicted octanol–water partition coefficient (Wildman–Crippen LogP) is 1.77. The van der Waals surface area contributed by atoms with E-state index in [1.54, 1.807) is 12.3 Å². The van der Waals surface area contributed by atoms with Crippen molar-refractivity contribution >= 4 is 11.8 Å². The van der Waals surface area contributed by atoms with Gasteiger partial charge in [0, 0.05) is 44.1 Å². The SMILES string of the molecule is CC(C)(C)N1CCN(c2ncccc2C#Cc2ccnc(N)n2)CC1. The number of pyridine rings is 1. The summed E-state index contributed by atoms with van der Waals surface area (Å²) in [5.74, 6) is 7.41. The summed E-state index contributed by atoms with van der Waals surface area (Å²) < 4.78 is 0. The van der Waals surface area contributed by atoms with E-state index in [0.717, 1.165) is 37.6 Å². The van der Waals surface area contributed by atoms with Crippen LogP contribution in [-0.2, 0) is 0 Å². The van der Waals surface area contributed by atoms with Crippen LogP contribution in [0.4, 0.5) is 11.8 Å². The highest BCUT2D eigenvalue weighted by Crippen LogP contribution is 2.21.